The highest BCUT2D eigenvalue weighted by atomic mass is 32.2. The van der Waals surface area contributed by atoms with Gasteiger partial charge in [0.15, 0.2) is 0 Å². The number of nitrogens with zero attached hydrogens (tertiary/aromatic N) is 1. The zero-order valence-corrected chi connectivity index (χ0v) is 12.7. The van der Waals surface area contributed by atoms with Crippen LogP contribution < -0.4 is 5.32 Å². The molecule has 1 heterocycles. The fourth-order valence-corrected chi connectivity index (χ4v) is 2.37. The van der Waals surface area contributed by atoms with Gasteiger partial charge in [-0.2, -0.15) is 0 Å². The Hall–Kier alpha value is -1.75. The Morgan fingerprint density at radius 3 is 2.65 bits per heavy atom. The van der Waals surface area contributed by atoms with Crippen LogP contribution in [-0.4, -0.2) is 17.3 Å². The first-order chi connectivity index (χ1) is 9.65. The van der Waals surface area contributed by atoms with Crippen LogP contribution >= 0.6 is 11.8 Å². The maximum absolute atomic E-state index is 12.2. The minimum atomic E-state index is -0.130. The van der Waals surface area contributed by atoms with Crippen molar-refractivity contribution in [1.82, 2.24) is 10.5 Å². The third kappa shape index (κ3) is 3.22. The van der Waals surface area contributed by atoms with Gasteiger partial charge in [-0.1, -0.05) is 24.2 Å². The number of benzene rings is 1. The average molecular weight is 290 g/mol. The molecule has 106 valence electrons. The van der Waals surface area contributed by atoms with E-state index in [9.17, 15) is 4.79 Å². The third-order valence-electron chi connectivity index (χ3n) is 3.09. The molecule has 0 spiro atoms. The highest BCUT2D eigenvalue weighted by molar-refractivity contribution is 7.98. The smallest absolute Gasteiger partial charge is 0.257 e. The van der Waals surface area contributed by atoms with E-state index >= 15 is 0 Å². The molecule has 0 bridgehead atoms. The topological polar surface area (TPSA) is 55.1 Å². The standard InChI is InChI=1S/C15H18N2O2S/c1-4-13-14(10(2)17-19-13)15(18)16-9-11-5-7-12(20-3)8-6-11/h5-8H,4,9H2,1-3H3,(H,16,18). The summed E-state index contributed by atoms with van der Waals surface area (Å²) in [5.41, 5.74) is 2.27. The molecule has 0 radical (unpaired) electrons. The third-order valence-corrected chi connectivity index (χ3v) is 3.84. The second kappa shape index (κ2) is 6.61. The first-order valence-corrected chi connectivity index (χ1v) is 7.74. The first kappa shape index (κ1) is 14.7. The Morgan fingerprint density at radius 1 is 1.35 bits per heavy atom. The van der Waals surface area contributed by atoms with Crippen LogP contribution in [-0.2, 0) is 13.0 Å². The molecule has 0 saturated heterocycles. The van der Waals surface area contributed by atoms with Gasteiger partial charge in [0, 0.05) is 17.9 Å². The molecule has 1 amide bonds. The van der Waals surface area contributed by atoms with Crippen molar-refractivity contribution in [2.24, 2.45) is 0 Å². The summed E-state index contributed by atoms with van der Waals surface area (Å²) in [4.78, 5) is 13.4. The largest absolute Gasteiger partial charge is 0.360 e. The molecule has 1 aromatic carbocycles. The molecule has 2 rings (SSSR count). The lowest BCUT2D eigenvalue weighted by atomic mass is 10.1. The van der Waals surface area contributed by atoms with E-state index in [2.05, 4.69) is 10.5 Å². The number of rotatable bonds is 5. The van der Waals surface area contributed by atoms with Crippen molar-refractivity contribution >= 4 is 17.7 Å². The fourth-order valence-electron chi connectivity index (χ4n) is 1.96. The Balaban J connectivity index is 2.02. The van der Waals surface area contributed by atoms with Crippen molar-refractivity contribution in [3.63, 3.8) is 0 Å². The Labute approximate surface area is 122 Å². The van der Waals surface area contributed by atoms with Gasteiger partial charge >= 0.3 is 0 Å². The molecule has 1 N–H and O–H groups in total. The molecule has 2 aromatic rings. The predicted octanol–water partition coefficient (Wildman–Crippen LogP) is 3.20. The number of aromatic nitrogens is 1. The van der Waals surface area contributed by atoms with Crippen LogP contribution in [0.5, 0.6) is 0 Å². The minimum Gasteiger partial charge on any atom is -0.360 e. The summed E-state index contributed by atoms with van der Waals surface area (Å²) in [6.07, 6.45) is 2.70. The van der Waals surface area contributed by atoms with Gasteiger partial charge in [0.1, 0.15) is 11.3 Å². The monoisotopic (exact) mass is 290 g/mol. The van der Waals surface area contributed by atoms with Crippen LogP contribution in [0.15, 0.2) is 33.7 Å². The summed E-state index contributed by atoms with van der Waals surface area (Å²) >= 11 is 1.70. The van der Waals surface area contributed by atoms with E-state index in [4.69, 9.17) is 4.52 Å². The SMILES string of the molecule is CCc1onc(C)c1C(=O)NCc1ccc(SC)cc1. The van der Waals surface area contributed by atoms with E-state index in [1.807, 2.05) is 37.4 Å². The lowest BCUT2D eigenvalue weighted by Gasteiger charge is -2.06. The molecule has 0 aliphatic carbocycles. The number of hydrogen-bond donors (Lipinski definition) is 1. The van der Waals surface area contributed by atoms with Crippen molar-refractivity contribution in [3.05, 3.63) is 46.8 Å². The summed E-state index contributed by atoms with van der Waals surface area (Å²) in [5, 5.41) is 6.76. The lowest BCUT2D eigenvalue weighted by molar-refractivity contribution is 0.0948. The predicted molar refractivity (Wildman–Crippen MR) is 80.0 cm³/mol. The normalized spacial score (nSPS) is 10.6. The van der Waals surface area contributed by atoms with E-state index in [-0.39, 0.29) is 5.91 Å². The maximum atomic E-state index is 12.2. The molecule has 1 aromatic heterocycles. The Morgan fingerprint density at radius 2 is 2.05 bits per heavy atom. The Kier molecular flexibility index (Phi) is 4.84. The van der Waals surface area contributed by atoms with Crippen molar-refractivity contribution in [2.45, 2.75) is 31.7 Å². The van der Waals surface area contributed by atoms with Gasteiger partial charge in [-0.25, -0.2) is 0 Å². The van der Waals surface area contributed by atoms with Crippen LogP contribution in [0.3, 0.4) is 0 Å². The van der Waals surface area contributed by atoms with E-state index in [0.717, 1.165) is 5.56 Å². The molecule has 0 aliphatic rings. The van der Waals surface area contributed by atoms with Gasteiger partial charge in [-0.15, -0.1) is 11.8 Å². The molecule has 0 atom stereocenters. The molecule has 20 heavy (non-hydrogen) atoms. The summed E-state index contributed by atoms with van der Waals surface area (Å²) in [6, 6.07) is 8.14. The van der Waals surface area contributed by atoms with Gasteiger partial charge in [0.2, 0.25) is 0 Å². The summed E-state index contributed by atoms with van der Waals surface area (Å²) < 4.78 is 5.13. The number of aryl methyl sites for hydroxylation is 2. The second-order valence-corrected chi connectivity index (χ2v) is 5.33. The molecule has 4 nitrogen and oxygen atoms in total. The van der Waals surface area contributed by atoms with Crippen LogP contribution in [0.1, 0.15) is 34.3 Å². The highest BCUT2D eigenvalue weighted by Gasteiger charge is 2.18. The van der Waals surface area contributed by atoms with Crippen LogP contribution in [0.2, 0.25) is 0 Å². The van der Waals surface area contributed by atoms with E-state index in [1.54, 1.807) is 18.7 Å². The maximum Gasteiger partial charge on any atom is 0.257 e. The molecule has 0 aliphatic heterocycles. The molecular weight excluding hydrogens is 272 g/mol. The summed E-state index contributed by atoms with van der Waals surface area (Å²) in [5.74, 6) is 0.507. The molecular formula is C15H18N2O2S. The number of hydrogen-bond acceptors (Lipinski definition) is 4. The van der Waals surface area contributed by atoms with Gasteiger partial charge in [0.25, 0.3) is 5.91 Å². The summed E-state index contributed by atoms with van der Waals surface area (Å²) in [7, 11) is 0. The number of amides is 1. The van der Waals surface area contributed by atoms with Crippen LogP contribution in [0.25, 0.3) is 0 Å². The molecule has 0 saturated carbocycles. The average Bonchev–Trinajstić information content (AvgIpc) is 2.86. The van der Waals surface area contributed by atoms with E-state index in [1.165, 1.54) is 4.90 Å². The zero-order chi connectivity index (χ0) is 14.5. The second-order valence-electron chi connectivity index (χ2n) is 4.45. The summed E-state index contributed by atoms with van der Waals surface area (Å²) in [6.45, 7) is 4.23. The first-order valence-electron chi connectivity index (χ1n) is 6.52. The quantitative estimate of drug-likeness (QED) is 0.859. The van der Waals surface area contributed by atoms with Gasteiger partial charge in [-0.3, -0.25) is 4.79 Å². The van der Waals surface area contributed by atoms with Crippen molar-refractivity contribution in [3.8, 4) is 0 Å². The lowest BCUT2D eigenvalue weighted by Crippen LogP contribution is -2.24. The number of carbonyl (C=O) groups is 1. The van der Waals surface area contributed by atoms with Gasteiger partial charge in [0.05, 0.1) is 5.69 Å². The zero-order valence-electron chi connectivity index (χ0n) is 11.9. The minimum absolute atomic E-state index is 0.130. The molecule has 0 fully saturated rings. The number of nitrogens with one attached hydrogen (secondary N) is 1. The van der Waals surface area contributed by atoms with Gasteiger partial charge in [-0.05, 0) is 30.9 Å². The van der Waals surface area contributed by atoms with Crippen molar-refractivity contribution < 1.29 is 9.32 Å². The molecule has 0 unspecified atom stereocenters. The van der Waals surface area contributed by atoms with Gasteiger partial charge < -0.3 is 9.84 Å². The highest BCUT2D eigenvalue weighted by Crippen LogP contribution is 2.16. The number of carbonyl (C=O) groups excluding carboxylic acids is 1. The van der Waals surface area contributed by atoms with Crippen molar-refractivity contribution in [2.75, 3.05) is 6.26 Å². The Bertz CT molecular complexity index is 590. The number of thioether (sulfide) groups is 1. The molecule has 5 heteroatoms. The van der Waals surface area contributed by atoms with Crippen LogP contribution in [0, 0.1) is 6.92 Å². The fraction of sp³-hybridized carbons (Fsp3) is 0.333. The van der Waals surface area contributed by atoms with Crippen molar-refractivity contribution in [1.29, 1.82) is 0 Å². The van der Waals surface area contributed by atoms with E-state index < -0.39 is 0 Å². The van der Waals surface area contributed by atoms with E-state index in [0.29, 0.717) is 30.0 Å². The van der Waals surface area contributed by atoms with Crippen LogP contribution in [0.4, 0.5) is 0 Å².